The second-order valence-corrected chi connectivity index (χ2v) is 5.48. The van der Waals surface area contributed by atoms with Crippen LogP contribution in [0.5, 0.6) is 5.75 Å². The summed E-state index contributed by atoms with van der Waals surface area (Å²) in [6, 6.07) is 7.45. The highest BCUT2D eigenvalue weighted by Crippen LogP contribution is 2.24. The Morgan fingerprint density at radius 1 is 1.30 bits per heavy atom. The van der Waals surface area contributed by atoms with E-state index < -0.39 is 6.10 Å². The molecule has 1 saturated heterocycles. The lowest BCUT2D eigenvalue weighted by atomic mass is 10.0. The minimum absolute atomic E-state index is 0.161. The quantitative estimate of drug-likeness (QED) is 0.901. The second-order valence-electron chi connectivity index (χ2n) is 5.48. The summed E-state index contributed by atoms with van der Waals surface area (Å²) >= 11 is 0. The molecular formula is C16H24O4. The van der Waals surface area contributed by atoms with Crippen LogP contribution in [-0.2, 0) is 9.47 Å². The summed E-state index contributed by atoms with van der Waals surface area (Å²) in [4.78, 5) is 0. The molecule has 4 heteroatoms. The molecule has 0 bridgehead atoms. The van der Waals surface area contributed by atoms with Gasteiger partial charge in [0.05, 0.1) is 32.0 Å². The highest BCUT2D eigenvalue weighted by molar-refractivity contribution is 5.29. The molecule has 0 spiro atoms. The molecule has 0 aromatic heterocycles. The Labute approximate surface area is 120 Å². The van der Waals surface area contributed by atoms with Gasteiger partial charge in [0.15, 0.2) is 0 Å². The van der Waals surface area contributed by atoms with Gasteiger partial charge < -0.3 is 19.3 Å². The molecular weight excluding hydrogens is 256 g/mol. The lowest BCUT2D eigenvalue weighted by Gasteiger charge is -2.32. The smallest absolute Gasteiger partial charge is 0.119 e. The number of aliphatic hydroxyl groups excluding tert-OH is 1. The van der Waals surface area contributed by atoms with Crippen LogP contribution in [0.1, 0.15) is 38.4 Å². The molecule has 2 rings (SSSR count). The summed E-state index contributed by atoms with van der Waals surface area (Å²) in [6.45, 7) is 4.42. The van der Waals surface area contributed by atoms with Crippen molar-refractivity contribution in [3.8, 4) is 5.75 Å². The summed E-state index contributed by atoms with van der Waals surface area (Å²) in [5.41, 5.74) is 0.817. The van der Waals surface area contributed by atoms with Crippen LogP contribution in [0.2, 0.25) is 0 Å². The minimum Gasteiger partial charge on any atom is -0.497 e. The highest BCUT2D eigenvalue weighted by atomic mass is 16.5. The molecule has 1 aliphatic rings. The number of aliphatic hydroxyl groups is 1. The Bertz CT molecular complexity index is 411. The molecule has 0 radical (unpaired) electrons. The van der Waals surface area contributed by atoms with E-state index in [4.69, 9.17) is 14.2 Å². The van der Waals surface area contributed by atoms with Crippen LogP contribution < -0.4 is 4.74 Å². The van der Waals surface area contributed by atoms with Crippen molar-refractivity contribution in [1.82, 2.24) is 0 Å². The third-order valence-corrected chi connectivity index (χ3v) is 3.62. The Hall–Kier alpha value is -1.10. The van der Waals surface area contributed by atoms with Gasteiger partial charge in [-0.05, 0) is 44.4 Å². The van der Waals surface area contributed by atoms with E-state index in [1.807, 2.05) is 24.3 Å². The van der Waals surface area contributed by atoms with Crippen LogP contribution in [0.15, 0.2) is 24.3 Å². The number of ether oxygens (including phenoxy) is 3. The van der Waals surface area contributed by atoms with Gasteiger partial charge in [0.1, 0.15) is 11.9 Å². The minimum atomic E-state index is -0.626. The zero-order valence-electron chi connectivity index (χ0n) is 12.4. The van der Waals surface area contributed by atoms with Gasteiger partial charge in [-0.2, -0.15) is 0 Å². The maximum absolute atomic E-state index is 10.2. The Balaban J connectivity index is 1.86. The molecule has 1 fully saturated rings. The van der Waals surface area contributed by atoms with Crippen LogP contribution in [0, 0.1) is 0 Å². The predicted octanol–water partition coefficient (Wildman–Crippen LogP) is 2.70. The fraction of sp³-hybridized carbons (Fsp3) is 0.625. The van der Waals surface area contributed by atoms with Crippen molar-refractivity contribution in [3.05, 3.63) is 29.8 Å². The number of methoxy groups -OCH3 is 1. The molecule has 0 amide bonds. The number of hydrogen-bond acceptors (Lipinski definition) is 4. The molecule has 1 aromatic rings. The van der Waals surface area contributed by atoms with Crippen LogP contribution in [-0.4, -0.2) is 37.1 Å². The largest absolute Gasteiger partial charge is 0.497 e. The normalized spacial score (nSPS) is 28.1. The van der Waals surface area contributed by atoms with E-state index in [1.54, 1.807) is 7.11 Å². The predicted molar refractivity (Wildman–Crippen MR) is 76.9 cm³/mol. The van der Waals surface area contributed by atoms with Gasteiger partial charge in [-0.15, -0.1) is 0 Å². The van der Waals surface area contributed by atoms with Crippen molar-refractivity contribution in [2.45, 2.75) is 51.1 Å². The van der Waals surface area contributed by atoms with Crippen LogP contribution in [0.25, 0.3) is 0 Å². The molecule has 1 aliphatic heterocycles. The average Bonchev–Trinajstić information content (AvgIpc) is 2.44. The van der Waals surface area contributed by atoms with Crippen LogP contribution >= 0.6 is 0 Å². The van der Waals surface area contributed by atoms with Crippen LogP contribution in [0.3, 0.4) is 0 Å². The van der Waals surface area contributed by atoms with Gasteiger partial charge >= 0.3 is 0 Å². The summed E-state index contributed by atoms with van der Waals surface area (Å²) in [5.74, 6) is 0.745. The monoisotopic (exact) mass is 280 g/mol. The summed E-state index contributed by atoms with van der Waals surface area (Å²) < 4.78 is 16.7. The summed E-state index contributed by atoms with van der Waals surface area (Å²) in [7, 11) is 1.62. The first-order valence-electron chi connectivity index (χ1n) is 7.17. The molecule has 1 N–H and O–H groups in total. The van der Waals surface area contributed by atoms with E-state index in [1.165, 1.54) is 0 Å². The van der Waals surface area contributed by atoms with Gasteiger partial charge in [-0.1, -0.05) is 12.1 Å². The molecule has 0 aliphatic carbocycles. The van der Waals surface area contributed by atoms with E-state index in [-0.39, 0.29) is 18.3 Å². The number of rotatable bonds is 5. The van der Waals surface area contributed by atoms with Gasteiger partial charge in [0, 0.05) is 0 Å². The third-order valence-electron chi connectivity index (χ3n) is 3.62. The van der Waals surface area contributed by atoms with Gasteiger partial charge in [-0.25, -0.2) is 0 Å². The molecule has 1 aromatic carbocycles. The third kappa shape index (κ3) is 4.20. The van der Waals surface area contributed by atoms with Gasteiger partial charge in [0.2, 0.25) is 0 Å². The van der Waals surface area contributed by atoms with E-state index in [0.717, 1.165) is 24.2 Å². The van der Waals surface area contributed by atoms with Gasteiger partial charge in [0.25, 0.3) is 0 Å². The molecule has 4 nitrogen and oxygen atoms in total. The van der Waals surface area contributed by atoms with Crippen LogP contribution in [0.4, 0.5) is 0 Å². The van der Waals surface area contributed by atoms with Crippen molar-refractivity contribution in [2.75, 3.05) is 13.7 Å². The highest BCUT2D eigenvalue weighted by Gasteiger charge is 2.25. The maximum Gasteiger partial charge on any atom is 0.119 e. The zero-order valence-corrected chi connectivity index (χ0v) is 12.4. The number of hydrogen-bond donors (Lipinski definition) is 1. The Morgan fingerprint density at radius 2 is 2.00 bits per heavy atom. The Morgan fingerprint density at radius 3 is 2.65 bits per heavy atom. The van der Waals surface area contributed by atoms with E-state index in [0.29, 0.717) is 6.61 Å². The first-order chi connectivity index (χ1) is 9.58. The molecule has 3 unspecified atom stereocenters. The summed E-state index contributed by atoms with van der Waals surface area (Å²) in [5, 5.41) is 10.2. The molecule has 0 saturated carbocycles. The summed E-state index contributed by atoms with van der Waals surface area (Å²) in [6.07, 6.45) is 1.74. The lowest BCUT2D eigenvalue weighted by molar-refractivity contribution is -0.113. The Kier molecular flexibility index (Phi) is 5.40. The van der Waals surface area contributed by atoms with Crippen molar-refractivity contribution in [3.63, 3.8) is 0 Å². The molecule has 112 valence electrons. The average molecular weight is 280 g/mol. The van der Waals surface area contributed by atoms with E-state index in [2.05, 4.69) is 13.8 Å². The first kappa shape index (κ1) is 15.3. The van der Waals surface area contributed by atoms with Crippen molar-refractivity contribution in [1.29, 1.82) is 0 Å². The zero-order chi connectivity index (χ0) is 14.5. The van der Waals surface area contributed by atoms with Crippen molar-refractivity contribution >= 4 is 0 Å². The second kappa shape index (κ2) is 7.07. The number of benzene rings is 1. The van der Waals surface area contributed by atoms with Crippen molar-refractivity contribution in [2.24, 2.45) is 0 Å². The SMILES string of the molecule is COc1cccc(C(O)COC2CC(C)OC(C)C2)c1. The van der Waals surface area contributed by atoms with E-state index in [9.17, 15) is 5.11 Å². The topological polar surface area (TPSA) is 47.9 Å². The molecule has 3 atom stereocenters. The van der Waals surface area contributed by atoms with Crippen molar-refractivity contribution < 1.29 is 19.3 Å². The first-order valence-corrected chi connectivity index (χ1v) is 7.17. The fourth-order valence-corrected chi connectivity index (χ4v) is 2.65. The van der Waals surface area contributed by atoms with E-state index >= 15 is 0 Å². The van der Waals surface area contributed by atoms with Gasteiger partial charge in [-0.3, -0.25) is 0 Å². The standard InChI is InChI=1S/C16H24O4/c1-11-7-15(8-12(2)20-11)19-10-16(17)13-5-4-6-14(9-13)18-3/h4-6,9,11-12,15-17H,7-8,10H2,1-3H3. The molecule has 1 heterocycles. The molecule has 20 heavy (non-hydrogen) atoms. The lowest BCUT2D eigenvalue weighted by Crippen LogP contribution is -2.34. The maximum atomic E-state index is 10.2. The fourth-order valence-electron chi connectivity index (χ4n) is 2.65.